The molecule has 0 heterocycles. The SMILES string of the molecule is COC(C)/C(O)=C/C(=O)C(C)(C)C.[Ir]. The van der Waals surface area contributed by atoms with Gasteiger partial charge in [-0.1, -0.05) is 20.8 Å². The van der Waals surface area contributed by atoms with Gasteiger partial charge in [0.1, 0.15) is 11.9 Å². The van der Waals surface area contributed by atoms with E-state index in [1.54, 1.807) is 27.7 Å². The van der Waals surface area contributed by atoms with Crippen molar-refractivity contribution in [3.05, 3.63) is 11.8 Å². The van der Waals surface area contributed by atoms with E-state index in [-0.39, 0.29) is 31.6 Å². The van der Waals surface area contributed by atoms with Gasteiger partial charge in [0.05, 0.1) is 0 Å². The van der Waals surface area contributed by atoms with E-state index < -0.39 is 11.5 Å². The Balaban J connectivity index is 0. The zero-order valence-electron chi connectivity index (χ0n) is 9.25. The number of ketones is 1. The van der Waals surface area contributed by atoms with Crippen molar-refractivity contribution >= 4 is 5.78 Å². The summed E-state index contributed by atoms with van der Waals surface area (Å²) in [6.45, 7) is 7.09. The largest absolute Gasteiger partial charge is 0.509 e. The van der Waals surface area contributed by atoms with E-state index in [9.17, 15) is 9.90 Å². The second kappa shape index (κ2) is 6.33. The molecule has 0 aromatic heterocycles. The molecule has 0 aliphatic carbocycles. The molecule has 1 N–H and O–H groups in total. The zero-order valence-corrected chi connectivity index (χ0v) is 11.6. The van der Waals surface area contributed by atoms with Crippen LogP contribution in [0.1, 0.15) is 27.7 Å². The van der Waals surface area contributed by atoms with E-state index in [0.29, 0.717) is 0 Å². The van der Waals surface area contributed by atoms with Crippen LogP contribution in [0.2, 0.25) is 0 Å². The van der Waals surface area contributed by atoms with Gasteiger partial charge in [-0.15, -0.1) is 0 Å². The van der Waals surface area contributed by atoms with Crippen LogP contribution in [0.15, 0.2) is 11.8 Å². The number of hydrogen-bond donors (Lipinski definition) is 1. The number of aliphatic hydroxyl groups is 1. The molecule has 0 aromatic rings. The Labute approximate surface area is 98.9 Å². The van der Waals surface area contributed by atoms with Gasteiger partial charge in [-0.05, 0) is 6.92 Å². The number of aliphatic hydroxyl groups excluding tert-OH is 1. The third-order valence-corrected chi connectivity index (χ3v) is 1.79. The number of methoxy groups -OCH3 is 1. The van der Waals surface area contributed by atoms with Crippen LogP contribution in [0.5, 0.6) is 0 Å². The van der Waals surface area contributed by atoms with E-state index >= 15 is 0 Å². The molecule has 0 aliphatic heterocycles. The molecule has 0 saturated carbocycles. The molecule has 0 rings (SSSR count). The predicted molar refractivity (Wildman–Crippen MR) is 51.6 cm³/mol. The maximum Gasteiger partial charge on any atom is 0.164 e. The molecule has 1 radical (unpaired) electrons. The van der Waals surface area contributed by atoms with Gasteiger partial charge >= 0.3 is 0 Å². The van der Waals surface area contributed by atoms with Gasteiger partial charge in [0.2, 0.25) is 0 Å². The third kappa shape index (κ3) is 5.53. The van der Waals surface area contributed by atoms with Crippen molar-refractivity contribution in [2.75, 3.05) is 7.11 Å². The Morgan fingerprint density at radius 3 is 2.14 bits per heavy atom. The summed E-state index contributed by atoms with van der Waals surface area (Å²) in [4.78, 5) is 11.4. The van der Waals surface area contributed by atoms with E-state index in [0.717, 1.165) is 0 Å². The second-order valence-corrected chi connectivity index (χ2v) is 4.06. The molecule has 85 valence electrons. The third-order valence-electron chi connectivity index (χ3n) is 1.79. The molecule has 0 fully saturated rings. The molecule has 4 heteroatoms. The van der Waals surface area contributed by atoms with Gasteiger partial charge in [-0.25, -0.2) is 0 Å². The van der Waals surface area contributed by atoms with Crippen LogP contribution < -0.4 is 0 Å². The molecule has 0 aromatic carbocycles. The summed E-state index contributed by atoms with van der Waals surface area (Å²) in [5, 5.41) is 9.37. The average Bonchev–Trinajstić information content (AvgIpc) is 2.01. The summed E-state index contributed by atoms with van der Waals surface area (Å²) < 4.78 is 4.85. The zero-order chi connectivity index (χ0) is 10.6. The van der Waals surface area contributed by atoms with E-state index in [1.807, 2.05) is 0 Å². The molecule has 1 atom stereocenters. The van der Waals surface area contributed by atoms with Crippen LogP contribution in [0, 0.1) is 5.41 Å². The number of allylic oxidation sites excluding steroid dienone is 1. The fourth-order valence-electron chi connectivity index (χ4n) is 0.589. The number of carbonyl (C=O) groups excluding carboxylic acids is 1. The number of carbonyl (C=O) groups is 1. The Morgan fingerprint density at radius 1 is 1.43 bits per heavy atom. The molecule has 1 unspecified atom stereocenters. The van der Waals surface area contributed by atoms with Crippen LogP contribution in [-0.4, -0.2) is 24.1 Å². The first-order chi connectivity index (χ1) is 5.79. The van der Waals surface area contributed by atoms with Gasteiger partial charge in [-0.2, -0.15) is 0 Å². The molecular formula is C10H18IrO3. The van der Waals surface area contributed by atoms with Crippen molar-refractivity contribution in [3.8, 4) is 0 Å². The Kier molecular flexibility index (Phi) is 7.35. The average molecular weight is 378 g/mol. The Hall–Kier alpha value is -0.181. The van der Waals surface area contributed by atoms with Gasteiger partial charge in [-0.3, -0.25) is 4.79 Å². The summed E-state index contributed by atoms with van der Waals surface area (Å²) in [5.41, 5.74) is -0.457. The smallest absolute Gasteiger partial charge is 0.164 e. The molecule has 3 nitrogen and oxygen atoms in total. The molecule has 0 amide bonds. The van der Waals surface area contributed by atoms with Crippen molar-refractivity contribution < 1.29 is 34.7 Å². The summed E-state index contributed by atoms with van der Waals surface area (Å²) in [6, 6.07) is 0. The van der Waals surface area contributed by atoms with E-state index in [4.69, 9.17) is 4.74 Å². The van der Waals surface area contributed by atoms with E-state index in [2.05, 4.69) is 0 Å². The molecular weight excluding hydrogens is 360 g/mol. The normalized spacial score (nSPS) is 14.5. The van der Waals surface area contributed by atoms with Crippen LogP contribution in [0.4, 0.5) is 0 Å². The first kappa shape index (κ1) is 16.3. The quantitative estimate of drug-likeness (QED) is 0.604. The van der Waals surface area contributed by atoms with Crippen LogP contribution >= 0.6 is 0 Å². The van der Waals surface area contributed by atoms with Gasteiger partial charge in [0, 0.05) is 38.7 Å². The topological polar surface area (TPSA) is 46.5 Å². The van der Waals surface area contributed by atoms with Crippen LogP contribution in [0.25, 0.3) is 0 Å². The minimum atomic E-state index is -0.457. The second-order valence-electron chi connectivity index (χ2n) is 4.06. The Morgan fingerprint density at radius 2 is 1.86 bits per heavy atom. The molecule has 0 saturated heterocycles. The number of rotatable bonds is 3. The maximum atomic E-state index is 11.4. The van der Waals surface area contributed by atoms with Crippen molar-refractivity contribution in [1.82, 2.24) is 0 Å². The van der Waals surface area contributed by atoms with Gasteiger partial charge < -0.3 is 9.84 Å². The first-order valence-corrected chi connectivity index (χ1v) is 4.27. The number of ether oxygens (including phenoxy) is 1. The predicted octanol–water partition coefficient (Wildman–Crippen LogP) is 2.08. The summed E-state index contributed by atoms with van der Waals surface area (Å²) >= 11 is 0. The summed E-state index contributed by atoms with van der Waals surface area (Å²) in [6.07, 6.45) is 0.806. The van der Waals surface area contributed by atoms with Gasteiger partial charge in [0.25, 0.3) is 0 Å². The van der Waals surface area contributed by atoms with Crippen LogP contribution in [-0.2, 0) is 29.6 Å². The first-order valence-electron chi connectivity index (χ1n) is 4.27. The molecule has 0 bridgehead atoms. The minimum Gasteiger partial charge on any atom is -0.509 e. The molecule has 0 spiro atoms. The fraction of sp³-hybridized carbons (Fsp3) is 0.700. The Bertz CT molecular complexity index is 216. The summed E-state index contributed by atoms with van der Waals surface area (Å²) in [5.74, 6) is -0.128. The van der Waals surface area contributed by atoms with E-state index in [1.165, 1.54) is 13.2 Å². The van der Waals surface area contributed by atoms with Crippen molar-refractivity contribution in [2.24, 2.45) is 5.41 Å². The maximum absolute atomic E-state index is 11.4. The van der Waals surface area contributed by atoms with Gasteiger partial charge in [0.15, 0.2) is 5.78 Å². The number of hydrogen-bond acceptors (Lipinski definition) is 3. The summed E-state index contributed by atoms with van der Waals surface area (Å²) in [7, 11) is 1.48. The fourth-order valence-corrected chi connectivity index (χ4v) is 0.589. The van der Waals surface area contributed by atoms with Crippen LogP contribution in [0.3, 0.4) is 0 Å². The van der Waals surface area contributed by atoms with Crippen molar-refractivity contribution in [3.63, 3.8) is 0 Å². The molecule has 0 aliphatic rings. The van der Waals surface area contributed by atoms with Crippen molar-refractivity contribution in [1.29, 1.82) is 0 Å². The standard InChI is InChI=1S/C10H18O3.Ir/c1-7(13-5)8(11)6-9(12)10(2,3)4;/h6-7,11H,1-5H3;/b8-6-;. The molecule has 14 heavy (non-hydrogen) atoms. The minimum absolute atomic E-state index is 0. The monoisotopic (exact) mass is 379 g/mol. The van der Waals surface area contributed by atoms with Crippen molar-refractivity contribution in [2.45, 2.75) is 33.8 Å².